The molecule has 0 unspecified atom stereocenters. The maximum Gasteiger partial charge on any atom is 0.363 e. The van der Waals surface area contributed by atoms with Gasteiger partial charge in [0.05, 0.1) is 21.3 Å². The standard InChI is InChI=1S/C16H10BrNO4S/c1-21-15(19)10-5-3-2-4-9(10)8-11-16(20)22-14(18-11)12-6-7-13(17)23-12/h2-8H,1H3/b11-8+. The number of ether oxygens (including phenoxy) is 2. The minimum atomic E-state index is -0.552. The van der Waals surface area contributed by atoms with Crippen molar-refractivity contribution in [1.82, 2.24) is 0 Å². The van der Waals surface area contributed by atoms with Crippen molar-refractivity contribution in [2.45, 2.75) is 0 Å². The number of esters is 2. The predicted molar refractivity (Wildman–Crippen MR) is 90.4 cm³/mol. The fourth-order valence-corrected chi connectivity index (χ4v) is 3.32. The first kappa shape index (κ1) is 15.6. The van der Waals surface area contributed by atoms with E-state index in [9.17, 15) is 9.59 Å². The van der Waals surface area contributed by atoms with E-state index in [0.29, 0.717) is 11.1 Å². The van der Waals surface area contributed by atoms with Gasteiger partial charge >= 0.3 is 11.9 Å². The SMILES string of the molecule is COC(=O)c1ccccc1/C=C1/N=C(c2ccc(Br)s2)OC1=O. The molecule has 0 atom stereocenters. The van der Waals surface area contributed by atoms with Crippen molar-refractivity contribution < 1.29 is 19.1 Å². The van der Waals surface area contributed by atoms with Crippen LogP contribution in [0.3, 0.4) is 0 Å². The molecule has 0 saturated heterocycles. The Kier molecular flexibility index (Phi) is 4.40. The zero-order valence-electron chi connectivity index (χ0n) is 11.9. The van der Waals surface area contributed by atoms with Crippen LogP contribution in [0.1, 0.15) is 20.8 Å². The molecular formula is C16H10BrNO4S. The maximum atomic E-state index is 12.0. The van der Waals surface area contributed by atoms with Crippen LogP contribution in [0.4, 0.5) is 0 Å². The zero-order valence-corrected chi connectivity index (χ0v) is 14.3. The summed E-state index contributed by atoms with van der Waals surface area (Å²) in [6.45, 7) is 0. The summed E-state index contributed by atoms with van der Waals surface area (Å²) in [5.41, 5.74) is 1.04. The van der Waals surface area contributed by atoms with Gasteiger partial charge in [-0.05, 0) is 45.8 Å². The Bertz CT molecular complexity index is 853. The van der Waals surface area contributed by atoms with Gasteiger partial charge in [-0.15, -0.1) is 11.3 Å². The molecule has 0 spiro atoms. The molecule has 0 bridgehead atoms. The molecule has 1 aliphatic heterocycles. The summed E-state index contributed by atoms with van der Waals surface area (Å²) >= 11 is 4.77. The highest BCUT2D eigenvalue weighted by atomic mass is 79.9. The van der Waals surface area contributed by atoms with E-state index in [1.807, 2.05) is 12.1 Å². The first-order valence-corrected chi connectivity index (χ1v) is 8.15. The molecule has 1 aromatic heterocycles. The number of hydrogen-bond donors (Lipinski definition) is 0. The molecule has 0 saturated carbocycles. The third kappa shape index (κ3) is 3.25. The quantitative estimate of drug-likeness (QED) is 0.591. The summed E-state index contributed by atoms with van der Waals surface area (Å²) in [6.07, 6.45) is 1.52. The molecule has 1 aliphatic rings. The number of cyclic esters (lactones) is 1. The van der Waals surface area contributed by atoms with E-state index in [-0.39, 0.29) is 11.6 Å². The van der Waals surface area contributed by atoms with Crippen LogP contribution in [0.2, 0.25) is 0 Å². The molecule has 2 aromatic rings. The number of rotatable bonds is 3. The number of methoxy groups -OCH3 is 1. The minimum absolute atomic E-state index is 0.140. The Hall–Kier alpha value is -2.25. The van der Waals surface area contributed by atoms with Crippen LogP contribution >= 0.6 is 27.3 Å². The first-order chi connectivity index (χ1) is 11.1. The summed E-state index contributed by atoms with van der Waals surface area (Å²) in [4.78, 5) is 28.7. The molecule has 0 aliphatic carbocycles. The van der Waals surface area contributed by atoms with E-state index in [2.05, 4.69) is 20.9 Å². The van der Waals surface area contributed by atoms with E-state index >= 15 is 0 Å². The van der Waals surface area contributed by atoms with Crippen molar-refractivity contribution in [3.8, 4) is 0 Å². The summed E-state index contributed by atoms with van der Waals surface area (Å²) in [6, 6.07) is 10.5. The van der Waals surface area contributed by atoms with E-state index in [0.717, 1.165) is 8.66 Å². The van der Waals surface area contributed by atoms with Gasteiger partial charge in [0, 0.05) is 0 Å². The van der Waals surface area contributed by atoms with Crippen molar-refractivity contribution in [3.63, 3.8) is 0 Å². The zero-order chi connectivity index (χ0) is 16.4. The number of hydrogen-bond acceptors (Lipinski definition) is 6. The highest BCUT2D eigenvalue weighted by Crippen LogP contribution is 2.27. The fraction of sp³-hybridized carbons (Fsp3) is 0.0625. The molecule has 0 amide bonds. The highest BCUT2D eigenvalue weighted by molar-refractivity contribution is 9.11. The van der Waals surface area contributed by atoms with Crippen LogP contribution in [0.25, 0.3) is 6.08 Å². The number of aliphatic imine (C=N–C) groups is 1. The van der Waals surface area contributed by atoms with Crippen molar-refractivity contribution >= 4 is 51.2 Å². The Labute approximate surface area is 144 Å². The van der Waals surface area contributed by atoms with Gasteiger partial charge in [0.15, 0.2) is 5.70 Å². The molecule has 1 aromatic carbocycles. The molecule has 3 rings (SSSR count). The topological polar surface area (TPSA) is 65.0 Å². The van der Waals surface area contributed by atoms with Crippen LogP contribution in [-0.4, -0.2) is 24.9 Å². The van der Waals surface area contributed by atoms with Gasteiger partial charge < -0.3 is 9.47 Å². The van der Waals surface area contributed by atoms with Gasteiger partial charge in [-0.2, -0.15) is 0 Å². The monoisotopic (exact) mass is 391 g/mol. The van der Waals surface area contributed by atoms with Crippen molar-refractivity contribution in [1.29, 1.82) is 0 Å². The molecule has 7 heteroatoms. The Morgan fingerprint density at radius 1 is 1.30 bits per heavy atom. The number of carbonyl (C=O) groups is 2. The Morgan fingerprint density at radius 2 is 2.09 bits per heavy atom. The van der Waals surface area contributed by atoms with Crippen molar-refractivity contribution in [3.05, 3.63) is 61.9 Å². The van der Waals surface area contributed by atoms with E-state index in [1.165, 1.54) is 24.5 Å². The molecule has 116 valence electrons. The molecule has 23 heavy (non-hydrogen) atoms. The second-order valence-electron chi connectivity index (χ2n) is 4.52. The van der Waals surface area contributed by atoms with E-state index < -0.39 is 11.9 Å². The van der Waals surface area contributed by atoms with Gasteiger partial charge in [-0.1, -0.05) is 18.2 Å². The molecule has 5 nitrogen and oxygen atoms in total. The Morgan fingerprint density at radius 3 is 2.78 bits per heavy atom. The van der Waals surface area contributed by atoms with Crippen LogP contribution in [0, 0.1) is 0 Å². The lowest BCUT2D eigenvalue weighted by Gasteiger charge is -2.03. The lowest BCUT2D eigenvalue weighted by atomic mass is 10.1. The first-order valence-electron chi connectivity index (χ1n) is 6.54. The van der Waals surface area contributed by atoms with Gasteiger partial charge in [0.2, 0.25) is 5.90 Å². The van der Waals surface area contributed by atoms with Crippen molar-refractivity contribution in [2.75, 3.05) is 7.11 Å². The number of thiophene rings is 1. The minimum Gasteiger partial charge on any atom is -0.465 e. The van der Waals surface area contributed by atoms with Crippen LogP contribution in [0.5, 0.6) is 0 Å². The average molecular weight is 392 g/mol. The maximum absolute atomic E-state index is 12.0. The van der Waals surface area contributed by atoms with Crippen molar-refractivity contribution in [2.24, 2.45) is 4.99 Å². The smallest absolute Gasteiger partial charge is 0.363 e. The number of halogens is 1. The third-order valence-electron chi connectivity index (χ3n) is 3.06. The van der Waals surface area contributed by atoms with Gasteiger partial charge in [-0.25, -0.2) is 14.6 Å². The number of carbonyl (C=O) groups excluding carboxylic acids is 2. The normalized spacial score (nSPS) is 15.5. The summed E-state index contributed by atoms with van der Waals surface area (Å²) in [7, 11) is 1.31. The second-order valence-corrected chi connectivity index (χ2v) is 6.98. The third-order valence-corrected chi connectivity index (χ3v) is 4.67. The lowest BCUT2D eigenvalue weighted by molar-refractivity contribution is -0.129. The fourth-order valence-electron chi connectivity index (χ4n) is 2.01. The molecular weight excluding hydrogens is 382 g/mol. The average Bonchev–Trinajstić information content (AvgIpc) is 3.14. The van der Waals surface area contributed by atoms with E-state index in [4.69, 9.17) is 9.47 Å². The van der Waals surface area contributed by atoms with Crippen LogP contribution in [-0.2, 0) is 14.3 Å². The van der Waals surface area contributed by atoms with Gasteiger partial charge in [0.25, 0.3) is 0 Å². The lowest BCUT2D eigenvalue weighted by Crippen LogP contribution is -2.05. The molecule has 2 heterocycles. The summed E-state index contributed by atoms with van der Waals surface area (Å²) in [5.74, 6) is -0.771. The molecule has 0 N–H and O–H groups in total. The summed E-state index contributed by atoms with van der Waals surface area (Å²) < 4.78 is 10.8. The van der Waals surface area contributed by atoms with Crippen LogP contribution in [0.15, 0.2) is 50.9 Å². The number of nitrogens with zero attached hydrogens (tertiary/aromatic N) is 1. The Balaban J connectivity index is 1.98. The van der Waals surface area contributed by atoms with Crippen LogP contribution < -0.4 is 0 Å². The molecule has 0 radical (unpaired) electrons. The molecule has 0 fully saturated rings. The highest BCUT2D eigenvalue weighted by Gasteiger charge is 2.25. The second kappa shape index (κ2) is 6.47. The van der Waals surface area contributed by atoms with Gasteiger partial charge in [-0.3, -0.25) is 0 Å². The van der Waals surface area contributed by atoms with Gasteiger partial charge in [0.1, 0.15) is 0 Å². The van der Waals surface area contributed by atoms with E-state index in [1.54, 1.807) is 24.3 Å². The largest absolute Gasteiger partial charge is 0.465 e. The number of benzene rings is 1. The predicted octanol–water partition coefficient (Wildman–Crippen LogP) is 3.64. The summed E-state index contributed by atoms with van der Waals surface area (Å²) in [5, 5.41) is 0.